The van der Waals surface area contributed by atoms with Crippen molar-refractivity contribution < 1.29 is 28.3 Å². The molecule has 10 heteroatoms. The number of halogens is 2. The molecule has 0 fully saturated rings. The maximum Gasteiger partial charge on any atom is 0.341 e. The summed E-state index contributed by atoms with van der Waals surface area (Å²) >= 11 is 7.20. The van der Waals surface area contributed by atoms with Gasteiger partial charge in [0.15, 0.2) is 11.0 Å². The van der Waals surface area contributed by atoms with Crippen molar-refractivity contribution >= 4 is 45.6 Å². The lowest BCUT2D eigenvalue weighted by Crippen LogP contribution is -2.06. The van der Waals surface area contributed by atoms with E-state index in [2.05, 4.69) is 4.72 Å². The van der Waals surface area contributed by atoms with E-state index in [9.17, 15) is 23.6 Å². The second kappa shape index (κ2) is 8.81. The van der Waals surface area contributed by atoms with Crippen molar-refractivity contribution in [2.45, 2.75) is 11.1 Å². The summed E-state index contributed by atoms with van der Waals surface area (Å²) in [5.74, 6) is -1.68. The first-order chi connectivity index (χ1) is 13.8. The summed E-state index contributed by atoms with van der Waals surface area (Å²) in [5.41, 5.74) is 0.824. The Morgan fingerprint density at radius 2 is 1.93 bits per heavy atom. The van der Waals surface area contributed by atoms with Gasteiger partial charge in [0.25, 0.3) is 0 Å². The summed E-state index contributed by atoms with van der Waals surface area (Å²) < 4.78 is 34.2. The van der Waals surface area contributed by atoms with Gasteiger partial charge < -0.3 is 19.7 Å². The highest BCUT2D eigenvalue weighted by molar-refractivity contribution is 7.88. The number of benzene rings is 2. The van der Waals surface area contributed by atoms with Crippen LogP contribution in [-0.4, -0.2) is 27.0 Å². The Labute approximate surface area is 177 Å². The van der Waals surface area contributed by atoms with Gasteiger partial charge in [-0.15, -0.1) is 11.3 Å². The minimum atomic E-state index is -1.76. The average Bonchev–Trinajstić information content (AvgIpc) is 3.05. The van der Waals surface area contributed by atoms with Crippen molar-refractivity contribution in [1.29, 1.82) is 0 Å². The van der Waals surface area contributed by atoms with Gasteiger partial charge in [-0.05, 0) is 43.3 Å². The fourth-order valence-corrected chi connectivity index (χ4v) is 5.00. The number of aromatic hydroxyl groups is 2. The van der Waals surface area contributed by atoms with E-state index in [4.69, 9.17) is 16.3 Å². The SMILES string of the molecule is CCOC(=O)c1ccc(NS(=O)c2cc(-c3cc(F)ccc3O)c(Cl)s2)cc1O. The van der Waals surface area contributed by atoms with E-state index < -0.39 is 22.8 Å². The van der Waals surface area contributed by atoms with E-state index in [1.165, 1.54) is 30.3 Å². The first-order valence-electron chi connectivity index (χ1n) is 8.27. The number of thiophene rings is 1. The number of carbonyl (C=O) groups is 1. The van der Waals surface area contributed by atoms with Gasteiger partial charge in [0.2, 0.25) is 0 Å². The summed E-state index contributed by atoms with van der Waals surface area (Å²) in [6.45, 7) is 1.82. The van der Waals surface area contributed by atoms with Crippen molar-refractivity contribution in [2.24, 2.45) is 0 Å². The third kappa shape index (κ3) is 4.69. The molecule has 0 aliphatic carbocycles. The van der Waals surface area contributed by atoms with Crippen molar-refractivity contribution in [1.82, 2.24) is 0 Å². The van der Waals surface area contributed by atoms with Crippen LogP contribution in [0.1, 0.15) is 17.3 Å². The van der Waals surface area contributed by atoms with E-state index in [-0.39, 0.29) is 33.6 Å². The lowest BCUT2D eigenvalue weighted by Gasteiger charge is -2.08. The molecule has 3 aromatic rings. The Bertz CT molecular complexity index is 1100. The molecule has 1 heterocycles. The minimum Gasteiger partial charge on any atom is -0.507 e. The van der Waals surface area contributed by atoms with Gasteiger partial charge in [-0.2, -0.15) is 0 Å². The Morgan fingerprint density at radius 1 is 1.17 bits per heavy atom. The van der Waals surface area contributed by atoms with Crippen LogP contribution in [0.25, 0.3) is 11.1 Å². The van der Waals surface area contributed by atoms with E-state index in [1.54, 1.807) is 6.92 Å². The number of phenols is 2. The second-order valence-corrected chi connectivity index (χ2v) is 8.83. The summed E-state index contributed by atoms with van der Waals surface area (Å²) in [6, 6.07) is 9.02. The van der Waals surface area contributed by atoms with Crippen LogP contribution in [0.4, 0.5) is 10.1 Å². The fourth-order valence-electron chi connectivity index (χ4n) is 2.48. The molecule has 3 N–H and O–H groups in total. The van der Waals surface area contributed by atoms with Crippen molar-refractivity contribution in [2.75, 3.05) is 11.3 Å². The van der Waals surface area contributed by atoms with Crippen LogP contribution >= 0.6 is 22.9 Å². The number of ether oxygens (including phenoxy) is 1. The summed E-state index contributed by atoms with van der Waals surface area (Å²) in [5, 5.41) is 20.0. The molecule has 0 saturated carbocycles. The Kier molecular flexibility index (Phi) is 6.41. The molecule has 1 unspecified atom stereocenters. The molecule has 0 amide bonds. The monoisotopic (exact) mass is 455 g/mol. The quantitative estimate of drug-likeness (QED) is 0.458. The van der Waals surface area contributed by atoms with Gasteiger partial charge in [-0.1, -0.05) is 11.6 Å². The fraction of sp³-hybridized carbons (Fsp3) is 0.105. The van der Waals surface area contributed by atoms with Gasteiger partial charge >= 0.3 is 5.97 Å². The van der Waals surface area contributed by atoms with Gasteiger partial charge in [0.1, 0.15) is 31.4 Å². The zero-order valence-corrected chi connectivity index (χ0v) is 17.3. The van der Waals surface area contributed by atoms with Crippen LogP contribution in [-0.2, 0) is 15.7 Å². The Morgan fingerprint density at radius 3 is 2.62 bits per heavy atom. The molecule has 6 nitrogen and oxygen atoms in total. The molecule has 152 valence electrons. The van der Waals surface area contributed by atoms with Crippen LogP contribution < -0.4 is 4.72 Å². The number of phenolic OH excluding ortho intramolecular Hbond substituents is 2. The third-order valence-electron chi connectivity index (χ3n) is 3.80. The standard InChI is InChI=1S/C19H15ClFNO5S2/c1-2-27-19(25)12-5-4-11(8-16(12)24)22-29(26)17-9-14(18(20)28-17)13-7-10(21)3-6-15(13)23/h3-9,22-24H,2H2,1H3. The molecule has 1 atom stereocenters. The molecule has 1 aromatic heterocycles. The van der Waals surface area contributed by atoms with E-state index >= 15 is 0 Å². The van der Waals surface area contributed by atoms with Gasteiger partial charge in [0.05, 0.1) is 12.3 Å². The van der Waals surface area contributed by atoms with Gasteiger partial charge in [0, 0.05) is 17.2 Å². The summed E-state index contributed by atoms with van der Waals surface area (Å²) in [6.07, 6.45) is 0. The molecule has 0 spiro atoms. The maximum atomic E-state index is 13.5. The van der Waals surface area contributed by atoms with E-state index in [0.717, 1.165) is 23.5 Å². The van der Waals surface area contributed by atoms with Crippen LogP contribution in [0.3, 0.4) is 0 Å². The molecule has 29 heavy (non-hydrogen) atoms. The molecule has 0 saturated heterocycles. The topological polar surface area (TPSA) is 95.9 Å². The molecule has 0 aliphatic heterocycles. The molecule has 0 bridgehead atoms. The lowest BCUT2D eigenvalue weighted by atomic mass is 10.1. The lowest BCUT2D eigenvalue weighted by molar-refractivity contribution is 0.0523. The van der Waals surface area contributed by atoms with Crippen molar-refractivity contribution in [3.05, 3.63) is 58.2 Å². The zero-order chi connectivity index (χ0) is 21.1. The number of nitrogens with one attached hydrogen (secondary N) is 1. The molecule has 2 aromatic carbocycles. The van der Waals surface area contributed by atoms with Crippen molar-refractivity contribution in [3.8, 4) is 22.6 Å². The predicted molar refractivity (Wildman–Crippen MR) is 110 cm³/mol. The van der Waals surface area contributed by atoms with Gasteiger partial charge in [-0.25, -0.2) is 13.4 Å². The number of anilines is 1. The third-order valence-corrected chi connectivity index (χ3v) is 6.56. The molecular weight excluding hydrogens is 441 g/mol. The second-order valence-electron chi connectivity index (χ2n) is 5.74. The van der Waals surface area contributed by atoms with Crippen LogP contribution in [0.2, 0.25) is 4.34 Å². The zero-order valence-electron chi connectivity index (χ0n) is 14.9. The van der Waals surface area contributed by atoms with Gasteiger partial charge in [-0.3, -0.25) is 0 Å². The molecule has 0 aliphatic rings. The van der Waals surface area contributed by atoms with Crippen molar-refractivity contribution in [3.63, 3.8) is 0 Å². The number of carbonyl (C=O) groups excluding carboxylic acids is 1. The highest BCUT2D eigenvalue weighted by Gasteiger charge is 2.18. The van der Waals surface area contributed by atoms with E-state index in [0.29, 0.717) is 15.5 Å². The maximum absolute atomic E-state index is 13.5. The highest BCUT2D eigenvalue weighted by atomic mass is 35.5. The number of hydrogen-bond donors (Lipinski definition) is 3. The minimum absolute atomic E-state index is 0.00813. The van der Waals surface area contributed by atoms with Crippen LogP contribution in [0.15, 0.2) is 46.7 Å². The van der Waals surface area contributed by atoms with Crippen LogP contribution in [0.5, 0.6) is 11.5 Å². The first-order valence-corrected chi connectivity index (χ1v) is 10.6. The summed E-state index contributed by atoms with van der Waals surface area (Å²) in [7, 11) is -1.76. The van der Waals surface area contributed by atoms with E-state index in [1.807, 2.05) is 0 Å². The summed E-state index contributed by atoms with van der Waals surface area (Å²) in [4.78, 5) is 11.7. The van der Waals surface area contributed by atoms with Crippen LogP contribution in [0, 0.1) is 5.82 Å². The highest BCUT2D eigenvalue weighted by Crippen LogP contribution is 2.41. The number of esters is 1. The first kappa shape index (κ1) is 21.1. The Balaban J connectivity index is 1.83. The Hall–Kier alpha value is -2.62. The normalized spacial score (nSPS) is 11.8. The number of hydrogen-bond acceptors (Lipinski definition) is 6. The predicted octanol–water partition coefficient (Wildman–Crippen LogP) is 4.93. The largest absolute Gasteiger partial charge is 0.507 e. The smallest absolute Gasteiger partial charge is 0.341 e. The molecule has 3 rings (SSSR count). The molecular formula is C19H15ClFNO5S2. The average molecular weight is 456 g/mol. The number of rotatable bonds is 6. The molecule has 0 radical (unpaired) electrons.